The maximum Gasteiger partial charge on any atom is 0.242 e. The standard InChI is InChI=1S/C52H35N7Si/c1-5-19-36(20-6-1)49-54-50(56-51(55-49)59-48-32-18-17-31-47(48)58-46-30-16-14-28-43(46)53-52(58)59)57-44-29-15-13-27-41(44)42-35-40(33-34-45(42)57)60(37-21-7-2-8-22-37,38-23-9-3-10-24-38)39-25-11-4-12-26-39/h1-35H. The Morgan fingerprint density at radius 3 is 1.48 bits per heavy atom. The van der Waals surface area contributed by atoms with Crippen LogP contribution in [0.3, 0.4) is 0 Å². The number of para-hydroxylation sites is 5. The molecule has 12 aromatic rings. The van der Waals surface area contributed by atoms with E-state index in [4.69, 9.17) is 19.9 Å². The first kappa shape index (κ1) is 34.1. The monoisotopic (exact) mass is 785 g/mol. The molecular formula is C52H35N7Si. The van der Waals surface area contributed by atoms with E-state index in [1.807, 2.05) is 30.3 Å². The quantitative estimate of drug-likeness (QED) is 0.120. The molecule has 0 radical (unpaired) electrons. The molecule has 0 saturated heterocycles. The molecule has 282 valence electrons. The van der Waals surface area contributed by atoms with Crippen LogP contribution in [0.25, 0.3) is 72.9 Å². The van der Waals surface area contributed by atoms with Crippen LogP contribution in [0, 0.1) is 0 Å². The molecule has 0 amide bonds. The van der Waals surface area contributed by atoms with Crippen LogP contribution in [0.15, 0.2) is 212 Å². The predicted molar refractivity (Wildman–Crippen MR) is 246 cm³/mol. The van der Waals surface area contributed by atoms with Gasteiger partial charge in [0.1, 0.15) is 0 Å². The molecule has 4 aromatic heterocycles. The Labute approximate surface area is 346 Å². The molecule has 12 rings (SSSR count). The minimum absolute atomic E-state index is 0.492. The Hall–Kier alpha value is -7.94. The average molecular weight is 786 g/mol. The predicted octanol–water partition coefficient (Wildman–Crippen LogP) is 8.76. The van der Waals surface area contributed by atoms with E-state index in [1.54, 1.807) is 0 Å². The topological polar surface area (TPSA) is 65.8 Å². The molecule has 4 heterocycles. The van der Waals surface area contributed by atoms with Crippen LogP contribution in [0.5, 0.6) is 0 Å². The summed E-state index contributed by atoms with van der Waals surface area (Å²) in [5, 5.41) is 7.56. The van der Waals surface area contributed by atoms with Crippen molar-refractivity contribution in [3.8, 4) is 23.3 Å². The molecule has 0 bridgehead atoms. The number of benzene rings is 8. The van der Waals surface area contributed by atoms with Gasteiger partial charge in [-0.05, 0) is 57.1 Å². The van der Waals surface area contributed by atoms with Gasteiger partial charge in [0.25, 0.3) is 0 Å². The molecule has 0 aliphatic rings. The van der Waals surface area contributed by atoms with Gasteiger partial charge in [0.15, 0.2) is 13.9 Å². The number of hydrogen-bond acceptors (Lipinski definition) is 4. The van der Waals surface area contributed by atoms with Crippen LogP contribution >= 0.6 is 0 Å². The highest BCUT2D eigenvalue weighted by atomic mass is 28.3. The van der Waals surface area contributed by atoms with Crippen molar-refractivity contribution in [2.24, 2.45) is 0 Å². The van der Waals surface area contributed by atoms with Crippen molar-refractivity contribution in [3.05, 3.63) is 212 Å². The molecule has 0 spiro atoms. The van der Waals surface area contributed by atoms with E-state index in [-0.39, 0.29) is 0 Å². The molecule has 60 heavy (non-hydrogen) atoms. The van der Waals surface area contributed by atoms with E-state index < -0.39 is 8.07 Å². The lowest BCUT2D eigenvalue weighted by molar-refractivity contribution is 0.885. The molecule has 0 fully saturated rings. The summed E-state index contributed by atoms with van der Waals surface area (Å²) in [4.78, 5) is 21.0. The summed E-state index contributed by atoms with van der Waals surface area (Å²) in [6.07, 6.45) is 0. The maximum absolute atomic E-state index is 5.39. The molecule has 0 unspecified atom stereocenters. The summed E-state index contributed by atoms with van der Waals surface area (Å²) in [7, 11) is -2.80. The number of fused-ring (bicyclic) bond motifs is 8. The zero-order valence-corrected chi connectivity index (χ0v) is 33.3. The number of hydrogen-bond donors (Lipinski definition) is 0. The van der Waals surface area contributed by atoms with Gasteiger partial charge in [-0.1, -0.05) is 176 Å². The van der Waals surface area contributed by atoms with Gasteiger partial charge in [0, 0.05) is 16.3 Å². The zero-order chi connectivity index (χ0) is 39.6. The van der Waals surface area contributed by atoms with Crippen LogP contribution in [0.4, 0.5) is 0 Å². The lowest BCUT2D eigenvalue weighted by Gasteiger charge is -2.34. The minimum Gasteiger partial charge on any atom is -0.278 e. The van der Waals surface area contributed by atoms with Crippen LogP contribution in [-0.2, 0) is 0 Å². The van der Waals surface area contributed by atoms with Crippen LogP contribution < -0.4 is 20.7 Å². The summed E-state index contributed by atoms with van der Waals surface area (Å²) in [6.45, 7) is 0. The molecule has 8 heteroatoms. The van der Waals surface area contributed by atoms with Gasteiger partial charge in [-0.25, -0.2) is 9.55 Å². The molecule has 0 aliphatic carbocycles. The maximum atomic E-state index is 5.39. The van der Waals surface area contributed by atoms with Crippen molar-refractivity contribution in [3.63, 3.8) is 0 Å². The molecule has 0 N–H and O–H groups in total. The van der Waals surface area contributed by atoms with Gasteiger partial charge >= 0.3 is 0 Å². The Morgan fingerprint density at radius 1 is 0.333 bits per heavy atom. The van der Waals surface area contributed by atoms with Crippen molar-refractivity contribution in [2.45, 2.75) is 0 Å². The lowest BCUT2D eigenvalue weighted by atomic mass is 10.1. The number of rotatable bonds is 7. The Kier molecular flexibility index (Phi) is 7.73. The summed E-state index contributed by atoms with van der Waals surface area (Å²) < 4.78 is 6.47. The summed E-state index contributed by atoms with van der Waals surface area (Å²) in [5.41, 5.74) is 6.84. The first-order valence-corrected chi connectivity index (χ1v) is 22.2. The van der Waals surface area contributed by atoms with Crippen molar-refractivity contribution in [1.82, 2.24) is 33.5 Å². The van der Waals surface area contributed by atoms with E-state index >= 15 is 0 Å². The van der Waals surface area contributed by atoms with Gasteiger partial charge < -0.3 is 0 Å². The van der Waals surface area contributed by atoms with Crippen molar-refractivity contribution in [1.29, 1.82) is 0 Å². The molecule has 0 atom stereocenters. The third-order valence-corrected chi connectivity index (χ3v) is 16.7. The Balaban J connectivity index is 1.16. The number of imidazole rings is 2. The van der Waals surface area contributed by atoms with Crippen LogP contribution in [0.1, 0.15) is 0 Å². The highest BCUT2D eigenvalue weighted by Gasteiger charge is 2.41. The fourth-order valence-corrected chi connectivity index (χ4v) is 14.1. The van der Waals surface area contributed by atoms with Crippen molar-refractivity contribution >= 4 is 78.5 Å². The van der Waals surface area contributed by atoms with Crippen LogP contribution in [0.2, 0.25) is 0 Å². The lowest BCUT2D eigenvalue weighted by Crippen LogP contribution is -2.74. The third kappa shape index (κ3) is 5.08. The van der Waals surface area contributed by atoms with Gasteiger partial charge in [-0.3, -0.25) is 8.97 Å². The molecule has 0 saturated carbocycles. The SMILES string of the molecule is c1ccc(-c2nc(-n3c4ccccc4c4cc([Si](c5ccccc5)(c5ccccc5)c5ccccc5)ccc43)nc(-n3c4ccccc4n4c5ccccc5nc34)n2)cc1. The number of aromatic nitrogens is 7. The normalized spacial score (nSPS) is 12.0. The minimum atomic E-state index is -2.80. The zero-order valence-electron chi connectivity index (χ0n) is 32.3. The Bertz CT molecular complexity index is 3440. The first-order chi connectivity index (χ1) is 29.8. The van der Waals surface area contributed by atoms with Crippen molar-refractivity contribution < 1.29 is 0 Å². The largest absolute Gasteiger partial charge is 0.278 e. The fraction of sp³-hybridized carbons (Fsp3) is 0. The van der Waals surface area contributed by atoms with Crippen LogP contribution in [-0.4, -0.2) is 41.5 Å². The third-order valence-electron chi connectivity index (χ3n) is 11.9. The van der Waals surface area contributed by atoms with E-state index in [2.05, 4.69) is 196 Å². The van der Waals surface area contributed by atoms with E-state index in [9.17, 15) is 0 Å². The number of nitrogens with zero attached hydrogens (tertiary/aromatic N) is 7. The summed E-state index contributed by atoms with van der Waals surface area (Å²) in [5.74, 6) is 2.34. The molecule has 7 nitrogen and oxygen atoms in total. The van der Waals surface area contributed by atoms with Crippen molar-refractivity contribution in [2.75, 3.05) is 0 Å². The second-order valence-electron chi connectivity index (χ2n) is 15.1. The first-order valence-electron chi connectivity index (χ1n) is 20.2. The highest BCUT2D eigenvalue weighted by molar-refractivity contribution is 7.20. The van der Waals surface area contributed by atoms with Gasteiger partial charge in [0.05, 0.1) is 33.1 Å². The fourth-order valence-electron chi connectivity index (χ4n) is 9.30. The van der Waals surface area contributed by atoms with E-state index in [0.29, 0.717) is 17.7 Å². The van der Waals surface area contributed by atoms with Gasteiger partial charge in [-0.2, -0.15) is 15.0 Å². The summed E-state index contributed by atoms with van der Waals surface area (Å²) >= 11 is 0. The average Bonchev–Trinajstić information content (AvgIpc) is 3.97. The molecular weight excluding hydrogens is 751 g/mol. The summed E-state index contributed by atoms with van der Waals surface area (Å²) in [6, 6.07) is 75.6. The molecule has 8 aromatic carbocycles. The smallest absolute Gasteiger partial charge is 0.242 e. The van der Waals surface area contributed by atoms with Gasteiger partial charge in [-0.15, -0.1) is 0 Å². The van der Waals surface area contributed by atoms with E-state index in [1.165, 1.54) is 20.7 Å². The van der Waals surface area contributed by atoms with Gasteiger partial charge in [0.2, 0.25) is 17.7 Å². The Morgan fingerprint density at radius 2 is 0.833 bits per heavy atom. The molecule has 0 aliphatic heterocycles. The van der Waals surface area contributed by atoms with E-state index in [0.717, 1.165) is 55.2 Å². The highest BCUT2D eigenvalue weighted by Crippen LogP contribution is 2.33. The second kappa shape index (κ2) is 13.6. The second-order valence-corrected chi connectivity index (χ2v) is 18.9.